The summed E-state index contributed by atoms with van der Waals surface area (Å²) in [5.41, 5.74) is 2.54. The van der Waals surface area contributed by atoms with Crippen molar-refractivity contribution >= 4 is 5.69 Å². The summed E-state index contributed by atoms with van der Waals surface area (Å²) in [5, 5.41) is 3.41. The smallest absolute Gasteiger partial charge is 0.119 e. The summed E-state index contributed by atoms with van der Waals surface area (Å²) in [4.78, 5) is 2.30. The van der Waals surface area contributed by atoms with Gasteiger partial charge in [0.1, 0.15) is 5.75 Å². The van der Waals surface area contributed by atoms with Gasteiger partial charge in [0, 0.05) is 25.3 Å². The molecule has 0 amide bonds. The van der Waals surface area contributed by atoms with E-state index in [1.807, 2.05) is 6.07 Å². The van der Waals surface area contributed by atoms with Gasteiger partial charge in [-0.2, -0.15) is 0 Å². The standard InChI is InChI=1S/C11H16N2O/c1-13-6-5-12-11-4-3-10(14-2)7-9(11)8-13/h3-4,7,12H,5-6,8H2,1-2H3. The molecule has 1 aliphatic heterocycles. The molecule has 0 aliphatic carbocycles. The van der Waals surface area contributed by atoms with E-state index in [0.717, 1.165) is 25.4 Å². The maximum atomic E-state index is 5.21. The molecule has 1 aromatic rings. The highest BCUT2D eigenvalue weighted by molar-refractivity contribution is 5.54. The molecule has 0 aromatic heterocycles. The summed E-state index contributed by atoms with van der Waals surface area (Å²) in [6.07, 6.45) is 0. The molecule has 14 heavy (non-hydrogen) atoms. The first-order valence-electron chi connectivity index (χ1n) is 4.89. The fraction of sp³-hybridized carbons (Fsp3) is 0.455. The second-order valence-electron chi connectivity index (χ2n) is 3.69. The van der Waals surface area contributed by atoms with E-state index >= 15 is 0 Å². The van der Waals surface area contributed by atoms with Crippen LogP contribution in [0.1, 0.15) is 5.56 Å². The van der Waals surface area contributed by atoms with Crippen LogP contribution in [0.25, 0.3) is 0 Å². The van der Waals surface area contributed by atoms with Gasteiger partial charge >= 0.3 is 0 Å². The molecule has 76 valence electrons. The van der Waals surface area contributed by atoms with Gasteiger partial charge in [0.15, 0.2) is 0 Å². The summed E-state index contributed by atoms with van der Waals surface area (Å²) in [5.74, 6) is 0.931. The average Bonchev–Trinajstić information content (AvgIpc) is 2.37. The Morgan fingerprint density at radius 1 is 1.43 bits per heavy atom. The topological polar surface area (TPSA) is 24.5 Å². The van der Waals surface area contributed by atoms with Crippen molar-refractivity contribution < 1.29 is 4.74 Å². The molecule has 0 fully saturated rings. The maximum Gasteiger partial charge on any atom is 0.119 e. The highest BCUT2D eigenvalue weighted by Crippen LogP contribution is 2.24. The third-order valence-corrected chi connectivity index (χ3v) is 2.56. The van der Waals surface area contributed by atoms with Crippen LogP contribution in [-0.2, 0) is 6.54 Å². The molecule has 0 saturated carbocycles. The van der Waals surface area contributed by atoms with Gasteiger partial charge in [-0.3, -0.25) is 0 Å². The van der Waals surface area contributed by atoms with Crippen molar-refractivity contribution in [2.75, 3.05) is 32.6 Å². The molecule has 0 saturated heterocycles. The number of nitrogens with zero attached hydrogens (tertiary/aromatic N) is 1. The highest BCUT2D eigenvalue weighted by Gasteiger charge is 2.10. The molecule has 3 nitrogen and oxygen atoms in total. The van der Waals surface area contributed by atoms with E-state index in [4.69, 9.17) is 4.74 Å². The Morgan fingerprint density at radius 3 is 3.07 bits per heavy atom. The zero-order chi connectivity index (χ0) is 9.97. The van der Waals surface area contributed by atoms with E-state index in [1.165, 1.54) is 11.3 Å². The summed E-state index contributed by atoms with van der Waals surface area (Å²) >= 11 is 0. The van der Waals surface area contributed by atoms with Gasteiger partial charge < -0.3 is 15.0 Å². The van der Waals surface area contributed by atoms with Gasteiger partial charge in [-0.15, -0.1) is 0 Å². The number of nitrogens with one attached hydrogen (secondary N) is 1. The molecule has 0 atom stereocenters. The first-order chi connectivity index (χ1) is 6.79. The number of likely N-dealkylation sites (N-methyl/N-ethyl adjacent to an activating group) is 1. The van der Waals surface area contributed by atoms with Gasteiger partial charge in [0.2, 0.25) is 0 Å². The lowest BCUT2D eigenvalue weighted by Gasteiger charge is -2.12. The molecule has 0 bridgehead atoms. The fourth-order valence-corrected chi connectivity index (χ4v) is 1.75. The number of methoxy groups -OCH3 is 1. The van der Waals surface area contributed by atoms with E-state index in [9.17, 15) is 0 Å². The Labute approximate surface area is 84.7 Å². The lowest BCUT2D eigenvalue weighted by Crippen LogP contribution is -2.20. The molecule has 3 heteroatoms. The lowest BCUT2D eigenvalue weighted by molar-refractivity contribution is 0.345. The second-order valence-corrected chi connectivity index (χ2v) is 3.69. The number of benzene rings is 1. The number of fused-ring (bicyclic) bond motifs is 1. The molecule has 1 aliphatic rings. The van der Waals surface area contributed by atoms with Crippen LogP contribution in [0, 0.1) is 0 Å². The minimum atomic E-state index is 0.931. The third-order valence-electron chi connectivity index (χ3n) is 2.56. The number of hydrogen-bond acceptors (Lipinski definition) is 3. The Morgan fingerprint density at radius 2 is 2.29 bits per heavy atom. The van der Waals surface area contributed by atoms with Crippen LogP contribution in [0.3, 0.4) is 0 Å². The Kier molecular flexibility index (Phi) is 2.59. The lowest BCUT2D eigenvalue weighted by atomic mass is 10.1. The van der Waals surface area contributed by atoms with Crippen LogP contribution < -0.4 is 10.1 Å². The molecule has 1 N–H and O–H groups in total. The summed E-state index contributed by atoms with van der Waals surface area (Å²) in [6.45, 7) is 3.08. The SMILES string of the molecule is COc1ccc2c(c1)CN(C)CCN2. The quantitative estimate of drug-likeness (QED) is 0.730. The van der Waals surface area contributed by atoms with E-state index in [1.54, 1.807) is 7.11 Å². The van der Waals surface area contributed by atoms with Crippen molar-refractivity contribution in [3.8, 4) is 5.75 Å². The largest absolute Gasteiger partial charge is 0.497 e. The van der Waals surface area contributed by atoms with Crippen LogP contribution in [-0.4, -0.2) is 32.1 Å². The first-order valence-corrected chi connectivity index (χ1v) is 4.89. The molecule has 0 unspecified atom stereocenters. The zero-order valence-electron chi connectivity index (χ0n) is 8.71. The van der Waals surface area contributed by atoms with Crippen LogP contribution in [0.4, 0.5) is 5.69 Å². The second kappa shape index (κ2) is 3.88. The summed E-state index contributed by atoms with van der Waals surface area (Å²) in [6, 6.07) is 6.19. The number of rotatable bonds is 1. The van der Waals surface area contributed by atoms with Gasteiger partial charge in [0.05, 0.1) is 7.11 Å². The molecule has 0 spiro atoms. The Hall–Kier alpha value is -1.22. The van der Waals surface area contributed by atoms with E-state index < -0.39 is 0 Å². The van der Waals surface area contributed by atoms with Gasteiger partial charge in [-0.25, -0.2) is 0 Å². The highest BCUT2D eigenvalue weighted by atomic mass is 16.5. The maximum absolute atomic E-state index is 5.21. The normalized spacial score (nSPS) is 16.7. The molecular formula is C11H16N2O. The van der Waals surface area contributed by atoms with Crippen LogP contribution in [0.5, 0.6) is 5.75 Å². The van der Waals surface area contributed by atoms with Crippen molar-refractivity contribution in [1.82, 2.24) is 4.90 Å². The molecule has 0 radical (unpaired) electrons. The minimum absolute atomic E-state index is 0.931. The molecule has 2 rings (SSSR count). The Bertz CT molecular complexity index is 325. The molecule has 1 heterocycles. The van der Waals surface area contributed by atoms with Crippen LogP contribution >= 0.6 is 0 Å². The summed E-state index contributed by atoms with van der Waals surface area (Å²) < 4.78 is 5.21. The summed E-state index contributed by atoms with van der Waals surface area (Å²) in [7, 11) is 3.84. The van der Waals surface area contributed by atoms with Crippen molar-refractivity contribution in [2.24, 2.45) is 0 Å². The Balaban J connectivity index is 2.32. The van der Waals surface area contributed by atoms with Crippen molar-refractivity contribution in [1.29, 1.82) is 0 Å². The fourth-order valence-electron chi connectivity index (χ4n) is 1.75. The van der Waals surface area contributed by atoms with Crippen molar-refractivity contribution in [3.05, 3.63) is 23.8 Å². The van der Waals surface area contributed by atoms with Gasteiger partial charge in [-0.1, -0.05) is 0 Å². The predicted octanol–water partition coefficient (Wildman–Crippen LogP) is 1.55. The number of hydrogen-bond donors (Lipinski definition) is 1. The monoisotopic (exact) mass is 192 g/mol. The zero-order valence-corrected chi connectivity index (χ0v) is 8.71. The van der Waals surface area contributed by atoms with Gasteiger partial charge in [-0.05, 0) is 30.8 Å². The van der Waals surface area contributed by atoms with Crippen molar-refractivity contribution in [3.63, 3.8) is 0 Å². The first kappa shape index (κ1) is 9.34. The molecule has 1 aromatic carbocycles. The van der Waals surface area contributed by atoms with Crippen molar-refractivity contribution in [2.45, 2.75) is 6.54 Å². The van der Waals surface area contributed by atoms with E-state index in [2.05, 4.69) is 29.4 Å². The average molecular weight is 192 g/mol. The van der Waals surface area contributed by atoms with E-state index in [-0.39, 0.29) is 0 Å². The third kappa shape index (κ3) is 1.82. The van der Waals surface area contributed by atoms with E-state index in [0.29, 0.717) is 0 Å². The number of anilines is 1. The molecular weight excluding hydrogens is 176 g/mol. The minimum Gasteiger partial charge on any atom is -0.497 e. The van der Waals surface area contributed by atoms with Crippen LogP contribution in [0.2, 0.25) is 0 Å². The predicted molar refractivity (Wildman–Crippen MR) is 57.8 cm³/mol. The number of ether oxygens (including phenoxy) is 1. The van der Waals surface area contributed by atoms with Crippen LogP contribution in [0.15, 0.2) is 18.2 Å². The van der Waals surface area contributed by atoms with Gasteiger partial charge in [0.25, 0.3) is 0 Å².